The second-order valence-corrected chi connectivity index (χ2v) is 15.1. The van der Waals surface area contributed by atoms with Crippen LogP contribution in [0.1, 0.15) is 5.82 Å². The van der Waals surface area contributed by atoms with Gasteiger partial charge in [-0.1, -0.05) is 43.9 Å². The lowest BCUT2D eigenvalue weighted by molar-refractivity contribution is -0.131. The van der Waals surface area contributed by atoms with Crippen LogP contribution in [0.5, 0.6) is 0 Å². The highest BCUT2D eigenvalue weighted by atomic mass is 28.3. The van der Waals surface area contributed by atoms with Crippen molar-refractivity contribution in [2.24, 2.45) is 0 Å². The smallest absolute Gasteiger partial charge is 0.328 e. The van der Waals surface area contributed by atoms with Crippen LogP contribution < -0.4 is 5.32 Å². The molecule has 0 bridgehead atoms. The van der Waals surface area contributed by atoms with Crippen LogP contribution in [0.2, 0.25) is 25.7 Å². The third kappa shape index (κ3) is 6.84. The van der Waals surface area contributed by atoms with Crippen LogP contribution in [0, 0.1) is 0 Å². The lowest BCUT2D eigenvalue weighted by Crippen LogP contribution is -2.22. The number of ether oxygens (including phenoxy) is 1. The number of aliphatic carboxylic acids is 1. The molecule has 8 nitrogen and oxygen atoms in total. The van der Waals surface area contributed by atoms with E-state index in [4.69, 9.17) is 9.84 Å². The molecule has 2 aromatic heterocycles. The summed E-state index contributed by atoms with van der Waals surface area (Å²) >= 11 is 0. The van der Waals surface area contributed by atoms with Gasteiger partial charge in [-0.25, -0.2) is 19.4 Å². The zero-order chi connectivity index (χ0) is 24.8. The van der Waals surface area contributed by atoms with Crippen molar-refractivity contribution in [3.63, 3.8) is 0 Å². The summed E-state index contributed by atoms with van der Waals surface area (Å²) in [5.41, 5.74) is 3.64. The molecule has 0 amide bonds. The minimum absolute atomic E-state index is 0.324. The van der Waals surface area contributed by atoms with E-state index >= 15 is 0 Å². The molecular formula is C26H29N5O3Si. The number of carboxylic acids is 1. The molecular weight excluding hydrogens is 458 g/mol. The number of anilines is 2. The molecule has 2 heterocycles. The van der Waals surface area contributed by atoms with Gasteiger partial charge in [0.25, 0.3) is 0 Å². The quantitative estimate of drug-likeness (QED) is 0.169. The van der Waals surface area contributed by atoms with E-state index in [1.165, 1.54) is 6.08 Å². The van der Waals surface area contributed by atoms with Gasteiger partial charge in [0.2, 0.25) is 0 Å². The Morgan fingerprint density at radius 3 is 2.60 bits per heavy atom. The molecule has 4 aromatic rings. The molecule has 35 heavy (non-hydrogen) atoms. The molecule has 0 aliphatic rings. The van der Waals surface area contributed by atoms with E-state index in [9.17, 15) is 4.79 Å². The molecule has 9 heteroatoms. The van der Waals surface area contributed by atoms with Crippen LogP contribution in [-0.4, -0.2) is 45.5 Å². The van der Waals surface area contributed by atoms with Gasteiger partial charge in [0.15, 0.2) is 5.82 Å². The highest BCUT2D eigenvalue weighted by Gasteiger charge is 2.12. The molecule has 0 radical (unpaired) electrons. The summed E-state index contributed by atoms with van der Waals surface area (Å²) in [6.45, 7) is 8.22. The average molecular weight is 488 g/mol. The fourth-order valence-electron chi connectivity index (χ4n) is 3.41. The summed E-state index contributed by atoms with van der Waals surface area (Å²) in [6.07, 6.45) is 6.23. The predicted molar refractivity (Wildman–Crippen MR) is 141 cm³/mol. The molecule has 0 atom stereocenters. The van der Waals surface area contributed by atoms with Crippen molar-refractivity contribution in [1.82, 2.24) is 19.7 Å². The van der Waals surface area contributed by atoms with Crippen LogP contribution in [0.3, 0.4) is 0 Å². The number of benzene rings is 2. The van der Waals surface area contributed by atoms with E-state index in [1.54, 1.807) is 0 Å². The largest absolute Gasteiger partial charge is 0.478 e. The van der Waals surface area contributed by atoms with E-state index in [1.807, 2.05) is 65.6 Å². The highest BCUT2D eigenvalue weighted by Crippen LogP contribution is 2.26. The molecule has 2 aromatic carbocycles. The molecule has 0 saturated heterocycles. The third-order valence-corrected chi connectivity index (χ3v) is 7.03. The van der Waals surface area contributed by atoms with Gasteiger partial charge in [-0.3, -0.25) is 0 Å². The Bertz CT molecular complexity index is 1340. The number of carboxylic acid groups (broad SMARTS) is 1. The maximum Gasteiger partial charge on any atom is 0.328 e. The summed E-state index contributed by atoms with van der Waals surface area (Å²) in [5.74, 6) is -0.116. The van der Waals surface area contributed by atoms with Gasteiger partial charge in [-0.15, -0.1) is 0 Å². The number of hydrogen-bond acceptors (Lipinski definition) is 6. The average Bonchev–Trinajstić information content (AvgIpc) is 3.29. The summed E-state index contributed by atoms with van der Waals surface area (Å²) in [7, 11) is -1.10. The number of hydrogen-bond donors (Lipinski definition) is 2. The van der Waals surface area contributed by atoms with E-state index < -0.39 is 14.0 Å². The maximum atomic E-state index is 10.9. The Labute approximate surface area is 205 Å². The zero-order valence-electron chi connectivity index (χ0n) is 20.1. The number of fused-ring (bicyclic) bond motifs is 1. The molecule has 0 fully saturated rings. The molecule has 0 spiro atoms. The number of nitrogens with zero attached hydrogens (tertiary/aromatic N) is 4. The van der Waals surface area contributed by atoms with Gasteiger partial charge in [0.1, 0.15) is 12.5 Å². The van der Waals surface area contributed by atoms with E-state index in [0.717, 1.165) is 46.4 Å². The Kier molecular flexibility index (Phi) is 7.38. The first-order valence-electron chi connectivity index (χ1n) is 11.4. The van der Waals surface area contributed by atoms with Crippen molar-refractivity contribution in [3.05, 3.63) is 72.8 Å². The van der Waals surface area contributed by atoms with Crippen molar-refractivity contribution in [1.29, 1.82) is 0 Å². The summed E-state index contributed by atoms with van der Waals surface area (Å²) in [4.78, 5) is 19.8. The first kappa shape index (κ1) is 24.3. The van der Waals surface area contributed by atoms with Gasteiger partial charge < -0.3 is 15.2 Å². The summed E-state index contributed by atoms with van der Waals surface area (Å²) in [5, 5.41) is 17.5. The van der Waals surface area contributed by atoms with Crippen molar-refractivity contribution in [2.45, 2.75) is 32.4 Å². The number of carbonyl (C=O) groups is 1. The summed E-state index contributed by atoms with van der Waals surface area (Å²) in [6, 6.07) is 16.7. The SMILES string of the molecule is C[Si](C)(C)CCOCn1cc(-c2ccc(Nc3nc(C=CC(=O)O)nc4ccccc34)cc2)cn1. The fraction of sp³-hybridized carbons (Fsp3) is 0.231. The third-order valence-electron chi connectivity index (χ3n) is 5.33. The fourth-order valence-corrected chi connectivity index (χ4v) is 4.17. The topological polar surface area (TPSA) is 102 Å². The van der Waals surface area contributed by atoms with Gasteiger partial charge in [-0.05, 0) is 41.9 Å². The normalized spacial score (nSPS) is 11.9. The first-order valence-corrected chi connectivity index (χ1v) is 15.1. The first-order chi connectivity index (χ1) is 16.8. The maximum absolute atomic E-state index is 10.9. The molecule has 4 rings (SSSR count). The van der Waals surface area contributed by atoms with Crippen LogP contribution in [0.25, 0.3) is 28.1 Å². The minimum atomic E-state index is -1.10. The lowest BCUT2D eigenvalue weighted by atomic mass is 10.1. The summed E-state index contributed by atoms with van der Waals surface area (Å²) < 4.78 is 7.59. The van der Waals surface area contributed by atoms with Crippen molar-refractivity contribution < 1.29 is 14.6 Å². The van der Waals surface area contributed by atoms with E-state index in [0.29, 0.717) is 18.4 Å². The molecule has 0 unspecified atom stereocenters. The number of aromatic nitrogens is 4. The van der Waals surface area contributed by atoms with Crippen molar-refractivity contribution in [2.75, 3.05) is 11.9 Å². The lowest BCUT2D eigenvalue weighted by Gasteiger charge is -2.15. The van der Waals surface area contributed by atoms with Crippen LogP contribution >= 0.6 is 0 Å². The monoisotopic (exact) mass is 487 g/mol. The molecule has 0 saturated carbocycles. The van der Waals surface area contributed by atoms with E-state index in [-0.39, 0.29) is 0 Å². The Morgan fingerprint density at radius 2 is 1.86 bits per heavy atom. The predicted octanol–water partition coefficient (Wildman–Crippen LogP) is 5.65. The Balaban J connectivity index is 1.46. The molecule has 0 aliphatic carbocycles. The van der Waals surface area contributed by atoms with Crippen LogP contribution in [0.15, 0.2) is 67.0 Å². The van der Waals surface area contributed by atoms with E-state index in [2.05, 4.69) is 40.0 Å². The molecule has 2 N–H and O–H groups in total. The Morgan fingerprint density at radius 1 is 1.09 bits per heavy atom. The van der Waals surface area contributed by atoms with Gasteiger partial charge in [0, 0.05) is 43.6 Å². The highest BCUT2D eigenvalue weighted by molar-refractivity contribution is 6.76. The minimum Gasteiger partial charge on any atom is -0.478 e. The zero-order valence-corrected chi connectivity index (χ0v) is 21.1. The Hall–Kier alpha value is -3.82. The van der Waals surface area contributed by atoms with Gasteiger partial charge in [0.05, 0.1) is 11.7 Å². The number of nitrogens with one attached hydrogen (secondary N) is 1. The second kappa shape index (κ2) is 10.6. The molecule has 0 aliphatic heterocycles. The van der Waals surface area contributed by atoms with Crippen LogP contribution in [-0.2, 0) is 16.3 Å². The van der Waals surface area contributed by atoms with Gasteiger partial charge >= 0.3 is 5.97 Å². The molecule has 180 valence electrons. The van der Waals surface area contributed by atoms with Crippen LogP contribution in [0.4, 0.5) is 11.5 Å². The van der Waals surface area contributed by atoms with Crippen molar-refractivity contribution in [3.8, 4) is 11.1 Å². The number of rotatable bonds is 10. The standard InChI is InChI=1S/C26H29N5O3Si/c1-35(2,3)15-14-34-18-31-17-20(16-27-31)19-8-10-21(11-9-19)28-26-22-6-4-5-7-23(22)29-24(30-26)12-13-25(32)33/h4-13,16-17H,14-15,18H2,1-3H3,(H,32,33)(H,28,29,30). The van der Waals surface area contributed by atoms with Gasteiger partial charge in [-0.2, -0.15) is 5.10 Å². The number of para-hydroxylation sites is 1. The second-order valence-electron chi connectivity index (χ2n) is 9.44. The van der Waals surface area contributed by atoms with Crippen molar-refractivity contribution >= 4 is 42.5 Å².